The van der Waals surface area contributed by atoms with Crippen LogP contribution in [0.25, 0.3) is 0 Å². The zero-order chi connectivity index (χ0) is 12.5. The quantitative estimate of drug-likeness (QED) is 0.734. The molecule has 3 heteroatoms. The van der Waals surface area contributed by atoms with Crippen molar-refractivity contribution in [3.05, 3.63) is 29.6 Å². The van der Waals surface area contributed by atoms with E-state index in [-0.39, 0.29) is 0 Å². The lowest BCUT2D eigenvalue weighted by molar-refractivity contribution is 0.486. The maximum absolute atomic E-state index is 8.92. The van der Waals surface area contributed by atoms with E-state index in [1.165, 1.54) is 25.7 Å². The number of nitrogens with one attached hydrogen (secondary N) is 1. The summed E-state index contributed by atoms with van der Waals surface area (Å²) in [6.07, 6.45) is 6.67. The van der Waals surface area contributed by atoms with Crippen LogP contribution in [0, 0.1) is 11.3 Å². The molecular weight excluding hydrogens is 210 g/mol. The topological polar surface area (TPSA) is 48.7 Å². The summed E-state index contributed by atoms with van der Waals surface area (Å²) < 4.78 is 0. The first-order valence-electron chi connectivity index (χ1n) is 6.35. The van der Waals surface area contributed by atoms with Gasteiger partial charge in [0.05, 0.1) is 0 Å². The molecule has 1 aromatic rings. The summed E-state index contributed by atoms with van der Waals surface area (Å²) in [5.74, 6) is 0. The molecule has 0 radical (unpaired) electrons. The molecule has 1 heterocycles. The Balaban J connectivity index is 2.37. The highest BCUT2D eigenvalue weighted by Gasteiger charge is 2.05. The lowest BCUT2D eigenvalue weighted by Crippen LogP contribution is -2.25. The Morgan fingerprint density at radius 2 is 2.29 bits per heavy atom. The molecule has 0 fully saturated rings. The van der Waals surface area contributed by atoms with Gasteiger partial charge < -0.3 is 5.32 Å². The van der Waals surface area contributed by atoms with Crippen molar-refractivity contribution in [3.8, 4) is 6.07 Å². The van der Waals surface area contributed by atoms with E-state index in [1.807, 2.05) is 12.1 Å². The molecule has 0 aliphatic rings. The summed E-state index contributed by atoms with van der Waals surface area (Å²) in [4.78, 5) is 4.05. The van der Waals surface area contributed by atoms with Crippen molar-refractivity contribution in [2.24, 2.45) is 0 Å². The van der Waals surface area contributed by atoms with Gasteiger partial charge in [-0.1, -0.05) is 32.3 Å². The Bertz CT molecular complexity index is 368. The molecule has 0 spiro atoms. The summed E-state index contributed by atoms with van der Waals surface area (Å²) in [6, 6.07) is 6.44. The fourth-order valence-electron chi connectivity index (χ4n) is 1.77. The highest BCUT2D eigenvalue weighted by atomic mass is 14.9. The van der Waals surface area contributed by atoms with Gasteiger partial charge in [0, 0.05) is 24.3 Å². The zero-order valence-corrected chi connectivity index (χ0v) is 10.7. The van der Waals surface area contributed by atoms with Crippen molar-refractivity contribution in [1.82, 2.24) is 10.3 Å². The van der Waals surface area contributed by atoms with Gasteiger partial charge in [0.1, 0.15) is 11.8 Å². The van der Waals surface area contributed by atoms with Crippen LogP contribution in [0.15, 0.2) is 18.3 Å². The second-order valence-corrected chi connectivity index (χ2v) is 4.40. The first-order chi connectivity index (χ1) is 8.27. The lowest BCUT2D eigenvalue weighted by Gasteiger charge is -2.13. The summed E-state index contributed by atoms with van der Waals surface area (Å²) in [6.45, 7) is 5.13. The van der Waals surface area contributed by atoms with Crippen LogP contribution in [-0.2, 0) is 6.54 Å². The first kappa shape index (κ1) is 13.7. The molecule has 0 aromatic carbocycles. The molecule has 1 aromatic heterocycles. The van der Waals surface area contributed by atoms with Crippen LogP contribution in [0.3, 0.4) is 0 Å². The number of unbranched alkanes of at least 4 members (excludes halogenated alkanes) is 2. The molecule has 0 saturated heterocycles. The largest absolute Gasteiger partial charge is 0.310 e. The number of hydrogen-bond donors (Lipinski definition) is 1. The molecule has 1 atom stereocenters. The number of aromatic nitrogens is 1. The van der Waals surface area contributed by atoms with E-state index in [1.54, 1.807) is 6.20 Å². The van der Waals surface area contributed by atoms with Crippen molar-refractivity contribution in [3.63, 3.8) is 0 Å². The minimum atomic E-state index is 0.494. The predicted octanol–water partition coefficient (Wildman–Crippen LogP) is 3.01. The van der Waals surface area contributed by atoms with Crippen molar-refractivity contribution >= 4 is 0 Å². The minimum Gasteiger partial charge on any atom is -0.310 e. The molecular formula is C14H21N3. The van der Waals surface area contributed by atoms with Crippen molar-refractivity contribution in [1.29, 1.82) is 5.26 Å². The van der Waals surface area contributed by atoms with Gasteiger partial charge in [-0.25, -0.2) is 4.98 Å². The molecule has 1 N–H and O–H groups in total. The molecule has 0 saturated carbocycles. The van der Waals surface area contributed by atoms with Crippen LogP contribution in [-0.4, -0.2) is 11.0 Å². The fourth-order valence-corrected chi connectivity index (χ4v) is 1.77. The summed E-state index contributed by atoms with van der Waals surface area (Å²) in [5, 5.41) is 12.4. The van der Waals surface area contributed by atoms with E-state index in [0.29, 0.717) is 11.7 Å². The maximum atomic E-state index is 8.92. The average Bonchev–Trinajstić information content (AvgIpc) is 2.37. The molecule has 1 rings (SSSR count). The summed E-state index contributed by atoms with van der Waals surface area (Å²) in [5.41, 5.74) is 1.51. The lowest BCUT2D eigenvalue weighted by atomic mass is 10.1. The fraction of sp³-hybridized carbons (Fsp3) is 0.571. The highest BCUT2D eigenvalue weighted by Crippen LogP contribution is 2.06. The maximum Gasteiger partial charge on any atom is 0.144 e. The normalized spacial score (nSPS) is 12.1. The van der Waals surface area contributed by atoms with Crippen molar-refractivity contribution < 1.29 is 0 Å². The van der Waals surface area contributed by atoms with Crippen LogP contribution in [0.1, 0.15) is 50.8 Å². The third-order valence-corrected chi connectivity index (χ3v) is 2.88. The predicted molar refractivity (Wildman–Crippen MR) is 69.4 cm³/mol. The summed E-state index contributed by atoms with van der Waals surface area (Å²) in [7, 11) is 0. The molecule has 0 aliphatic carbocycles. The molecule has 92 valence electrons. The van der Waals surface area contributed by atoms with Gasteiger partial charge in [-0.3, -0.25) is 0 Å². The van der Waals surface area contributed by atoms with E-state index >= 15 is 0 Å². The first-order valence-corrected chi connectivity index (χ1v) is 6.35. The van der Waals surface area contributed by atoms with Gasteiger partial charge >= 0.3 is 0 Å². The highest BCUT2D eigenvalue weighted by molar-refractivity contribution is 5.30. The Hall–Kier alpha value is -1.40. The Labute approximate surface area is 104 Å². The number of rotatable bonds is 7. The SMILES string of the molecule is CCCCCC(C)NCc1cccnc1C#N. The number of nitrogens with zero attached hydrogens (tertiary/aromatic N) is 2. The summed E-state index contributed by atoms with van der Waals surface area (Å²) >= 11 is 0. The monoisotopic (exact) mass is 231 g/mol. The molecule has 0 amide bonds. The van der Waals surface area contributed by atoms with Gasteiger partial charge in [-0.15, -0.1) is 0 Å². The van der Waals surface area contributed by atoms with Crippen LogP contribution in [0.2, 0.25) is 0 Å². The number of nitriles is 1. The Morgan fingerprint density at radius 3 is 3.00 bits per heavy atom. The molecule has 0 bridgehead atoms. The second-order valence-electron chi connectivity index (χ2n) is 4.40. The van der Waals surface area contributed by atoms with E-state index in [2.05, 4.69) is 30.2 Å². The van der Waals surface area contributed by atoms with Crippen molar-refractivity contribution in [2.45, 2.75) is 52.1 Å². The standard InChI is InChI=1S/C14H21N3/c1-3-4-5-7-12(2)17-11-13-8-6-9-16-14(13)10-15/h6,8-9,12,17H,3-5,7,11H2,1-2H3. The van der Waals surface area contributed by atoms with Gasteiger partial charge in [0.2, 0.25) is 0 Å². The minimum absolute atomic E-state index is 0.494. The van der Waals surface area contributed by atoms with Gasteiger partial charge in [-0.2, -0.15) is 5.26 Å². The molecule has 3 nitrogen and oxygen atoms in total. The average molecular weight is 231 g/mol. The second kappa shape index (κ2) is 7.81. The van der Waals surface area contributed by atoms with E-state index in [4.69, 9.17) is 5.26 Å². The van der Waals surface area contributed by atoms with Gasteiger partial charge in [0.25, 0.3) is 0 Å². The molecule has 17 heavy (non-hydrogen) atoms. The number of pyridine rings is 1. The van der Waals surface area contributed by atoms with Crippen LogP contribution >= 0.6 is 0 Å². The Morgan fingerprint density at radius 1 is 1.47 bits per heavy atom. The number of hydrogen-bond acceptors (Lipinski definition) is 3. The van der Waals surface area contributed by atoms with E-state index in [9.17, 15) is 0 Å². The smallest absolute Gasteiger partial charge is 0.144 e. The molecule has 1 unspecified atom stereocenters. The third-order valence-electron chi connectivity index (χ3n) is 2.88. The van der Waals surface area contributed by atoms with Crippen LogP contribution in [0.5, 0.6) is 0 Å². The van der Waals surface area contributed by atoms with Crippen LogP contribution < -0.4 is 5.32 Å². The van der Waals surface area contributed by atoms with E-state index < -0.39 is 0 Å². The van der Waals surface area contributed by atoms with Crippen LogP contribution in [0.4, 0.5) is 0 Å². The zero-order valence-electron chi connectivity index (χ0n) is 10.7. The van der Waals surface area contributed by atoms with Gasteiger partial charge in [-0.05, 0) is 19.4 Å². The molecule has 0 aliphatic heterocycles. The van der Waals surface area contributed by atoms with E-state index in [0.717, 1.165) is 12.1 Å². The third kappa shape index (κ3) is 4.97. The van der Waals surface area contributed by atoms with Gasteiger partial charge in [0.15, 0.2) is 0 Å². The van der Waals surface area contributed by atoms with Crippen molar-refractivity contribution in [2.75, 3.05) is 0 Å². The Kier molecular flexibility index (Phi) is 6.27.